The number of carbonyl (C=O) groups excluding carboxylic acids is 3. The van der Waals surface area contributed by atoms with Gasteiger partial charge in [-0.25, -0.2) is 0 Å². The molecule has 10 nitrogen and oxygen atoms in total. The van der Waals surface area contributed by atoms with Crippen LogP contribution in [0.25, 0.3) is 5.69 Å². The van der Waals surface area contributed by atoms with Crippen LogP contribution in [-0.2, 0) is 20.7 Å². The Balaban J connectivity index is 1.63. The fourth-order valence-electron chi connectivity index (χ4n) is 2.53. The maximum Gasteiger partial charge on any atom is 0.325 e. The number of esters is 1. The predicted molar refractivity (Wildman–Crippen MR) is 102 cm³/mol. The molecule has 1 aromatic heterocycles. The van der Waals surface area contributed by atoms with Crippen LogP contribution in [0.3, 0.4) is 0 Å². The molecule has 148 valence electrons. The van der Waals surface area contributed by atoms with E-state index in [9.17, 15) is 14.4 Å². The quantitative estimate of drug-likeness (QED) is 0.566. The minimum absolute atomic E-state index is 0.105. The summed E-state index contributed by atoms with van der Waals surface area (Å²) in [5, 5.41) is 16.3. The third-order valence-corrected chi connectivity index (χ3v) is 3.98. The number of carbonyl (C=O) groups is 3. The average molecular weight is 394 g/mol. The molecule has 0 bridgehead atoms. The molecule has 1 heterocycles. The number of para-hydroxylation sites is 1. The van der Waals surface area contributed by atoms with Crippen LogP contribution in [0.1, 0.15) is 15.9 Å². The van der Waals surface area contributed by atoms with Crippen LogP contribution in [0.15, 0.2) is 54.9 Å². The number of ether oxygens (including phenoxy) is 1. The number of methoxy groups -OCH3 is 1. The molecule has 2 aromatic carbocycles. The van der Waals surface area contributed by atoms with Gasteiger partial charge in [-0.2, -0.15) is 4.68 Å². The van der Waals surface area contributed by atoms with Crippen molar-refractivity contribution >= 4 is 23.5 Å². The number of nitrogens with zero attached hydrogens (tertiary/aromatic N) is 4. The highest BCUT2D eigenvalue weighted by atomic mass is 16.5. The van der Waals surface area contributed by atoms with Gasteiger partial charge < -0.3 is 15.4 Å². The molecule has 0 saturated heterocycles. The number of amides is 2. The van der Waals surface area contributed by atoms with Gasteiger partial charge in [0.15, 0.2) is 0 Å². The molecule has 0 aliphatic carbocycles. The molecule has 10 heteroatoms. The number of benzene rings is 2. The highest BCUT2D eigenvalue weighted by molar-refractivity contribution is 6.06. The Morgan fingerprint density at radius 1 is 1.07 bits per heavy atom. The third kappa shape index (κ3) is 5.22. The summed E-state index contributed by atoms with van der Waals surface area (Å²) in [7, 11) is 1.25. The van der Waals surface area contributed by atoms with Gasteiger partial charge in [0.2, 0.25) is 5.91 Å². The molecule has 0 spiro atoms. The summed E-state index contributed by atoms with van der Waals surface area (Å²) in [4.78, 5) is 35.5. The van der Waals surface area contributed by atoms with E-state index < -0.39 is 5.97 Å². The van der Waals surface area contributed by atoms with Crippen LogP contribution in [0.5, 0.6) is 0 Å². The zero-order chi connectivity index (χ0) is 20.6. The molecule has 2 N–H and O–H groups in total. The summed E-state index contributed by atoms with van der Waals surface area (Å²) >= 11 is 0. The first-order valence-corrected chi connectivity index (χ1v) is 8.63. The minimum Gasteiger partial charge on any atom is -0.468 e. The maximum absolute atomic E-state index is 12.7. The van der Waals surface area contributed by atoms with Crippen molar-refractivity contribution in [2.24, 2.45) is 0 Å². The molecular weight excluding hydrogens is 376 g/mol. The molecular formula is C19H18N6O4. The number of rotatable bonds is 7. The molecule has 29 heavy (non-hydrogen) atoms. The van der Waals surface area contributed by atoms with Gasteiger partial charge in [-0.1, -0.05) is 24.3 Å². The van der Waals surface area contributed by atoms with Crippen molar-refractivity contribution in [2.45, 2.75) is 6.42 Å². The zero-order valence-corrected chi connectivity index (χ0v) is 15.5. The molecule has 2 amide bonds. The number of hydrogen-bond donors (Lipinski definition) is 2. The first kappa shape index (κ1) is 19.7. The van der Waals surface area contributed by atoms with Crippen LogP contribution < -0.4 is 10.6 Å². The molecule has 0 unspecified atom stereocenters. The Bertz CT molecular complexity index is 1000. The molecule has 3 rings (SSSR count). The highest BCUT2D eigenvalue weighted by Gasteiger charge is 2.14. The Morgan fingerprint density at radius 3 is 2.52 bits per heavy atom. The molecule has 0 atom stereocenters. The summed E-state index contributed by atoms with van der Waals surface area (Å²) < 4.78 is 5.87. The molecule has 0 aliphatic rings. The Morgan fingerprint density at radius 2 is 1.83 bits per heavy atom. The molecule has 0 radical (unpaired) electrons. The van der Waals surface area contributed by atoms with Crippen LogP contribution in [-0.4, -0.2) is 51.6 Å². The van der Waals surface area contributed by atoms with Crippen molar-refractivity contribution in [3.05, 3.63) is 66.0 Å². The number of aromatic nitrogens is 4. The largest absolute Gasteiger partial charge is 0.468 e. The van der Waals surface area contributed by atoms with Gasteiger partial charge in [-0.3, -0.25) is 14.4 Å². The fraction of sp³-hybridized carbons (Fsp3) is 0.158. The summed E-state index contributed by atoms with van der Waals surface area (Å²) in [6.45, 7) is -0.176. The summed E-state index contributed by atoms with van der Waals surface area (Å²) in [5.74, 6) is -1.14. The van der Waals surface area contributed by atoms with E-state index in [1.54, 1.807) is 48.5 Å². The van der Waals surface area contributed by atoms with Gasteiger partial charge in [0.25, 0.3) is 5.91 Å². The Hall–Kier alpha value is -4.08. The van der Waals surface area contributed by atoms with Crippen molar-refractivity contribution in [2.75, 3.05) is 19.0 Å². The lowest BCUT2D eigenvalue weighted by Crippen LogP contribution is -2.31. The van der Waals surface area contributed by atoms with Gasteiger partial charge in [-0.15, -0.1) is 5.10 Å². The van der Waals surface area contributed by atoms with Gasteiger partial charge in [0.05, 0.1) is 24.8 Å². The van der Waals surface area contributed by atoms with Crippen molar-refractivity contribution in [1.82, 2.24) is 25.5 Å². The monoisotopic (exact) mass is 394 g/mol. The van der Waals surface area contributed by atoms with E-state index in [1.807, 2.05) is 0 Å². The van der Waals surface area contributed by atoms with E-state index in [4.69, 9.17) is 0 Å². The predicted octanol–water partition coefficient (Wildman–Crippen LogP) is 0.746. The number of hydrogen-bond acceptors (Lipinski definition) is 7. The van der Waals surface area contributed by atoms with Crippen molar-refractivity contribution < 1.29 is 19.1 Å². The first-order valence-electron chi connectivity index (χ1n) is 8.63. The Kier molecular flexibility index (Phi) is 6.25. The fourth-order valence-corrected chi connectivity index (χ4v) is 2.53. The van der Waals surface area contributed by atoms with E-state index in [2.05, 4.69) is 30.9 Å². The Labute approximate surface area is 165 Å². The van der Waals surface area contributed by atoms with Crippen LogP contribution in [0.4, 0.5) is 5.69 Å². The summed E-state index contributed by atoms with van der Waals surface area (Å²) in [6, 6.07) is 13.8. The summed E-state index contributed by atoms with van der Waals surface area (Å²) in [5.41, 5.74) is 2.26. The molecule has 0 aliphatic heterocycles. The highest BCUT2D eigenvalue weighted by Crippen LogP contribution is 2.16. The van der Waals surface area contributed by atoms with Crippen molar-refractivity contribution in [3.8, 4) is 5.69 Å². The van der Waals surface area contributed by atoms with Crippen LogP contribution >= 0.6 is 0 Å². The lowest BCUT2D eigenvalue weighted by Gasteiger charge is -2.10. The standard InChI is InChI=1S/C19H18N6O4/c1-29-18(27)11-20-17(26)10-13-6-8-14(9-7-13)22-19(28)15-4-2-3-5-16(15)25-12-21-23-24-25/h2-9,12H,10-11H2,1H3,(H,20,26)(H,22,28). The third-order valence-electron chi connectivity index (χ3n) is 3.98. The second kappa shape index (κ2) is 9.22. The normalized spacial score (nSPS) is 10.2. The van der Waals surface area contributed by atoms with Gasteiger partial charge in [-0.05, 0) is 40.3 Å². The molecule has 3 aromatic rings. The SMILES string of the molecule is COC(=O)CNC(=O)Cc1ccc(NC(=O)c2ccccc2-n2cnnn2)cc1. The molecule has 0 fully saturated rings. The average Bonchev–Trinajstić information content (AvgIpc) is 3.28. The van der Waals surface area contributed by atoms with E-state index in [0.29, 0.717) is 16.9 Å². The van der Waals surface area contributed by atoms with Gasteiger partial charge in [0, 0.05) is 5.69 Å². The first-order chi connectivity index (χ1) is 14.1. The number of anilines is 1. The van der Waals surface area contributed by atoms with Crippen LogP contribution in [0.2, 0.25) is 0 Å². The topological polar surface area (TPSA) is 128 Å². The smallest absolute Gasteiger partial charge is 0.325 e. The minimum atomic E-state index is -0.515. The van der Waals surface area contributed by atoms with E-state index >= 15 is 0 Å². The second-order valence-electron chi connectivity index (χ2n) is 5.95. The molecule has 0 saturated carbocycles. The van der Waals surface area contributed by atoms with E-state index in [-0.39, 0.29) is 24.8 Å². The van der Waals surface area contributed by atoms with Crippen molar-refractivity contribution in [1.29, 1.82) is 0 Å². The van der Waals surface area contributed by atoms with Gasteiger partial charge >= 0.3 is 5.97 Å². The lowest BCUT2D eigenvalue weighted by molar-refractivity contribution is -0.141. The van der Waals surface area contributed by atoms with Crippen LogP contribution in [0, 0.1) is 0 Å². The second-order valence-corrected chi connectivity index (χ2v) is 5.95. The van der Waals surface area contributed by atoms with E-state index in [0.717, 1.165) is 5.56 Å². The lowest BCUT2D eigenvalue weighted by atomic mass is 10.1. The summed E-state index contributed by atoms with van der Waals surface area (Å²) in [6.07, 6.45) is 1.51. The number of tetrazole rings is 1. The van der Waals surface area contributed by atoms with Crippen molar-refractivity contribution in [3.63, 3.8) is 0 Å². The van der Waals surface area contributed by atoms with Gasteiger partial charge in [0.1, 0.15) is 12.9 Å². The zero-order valence-electron chi connectivity index (χ0n) is 15.5. The maximum atomic E-state index is 12.7. The number of nitrogens with one attached hydrogen (secondary N) is 2. The van der Waals surface area contributed by atoms with E-state index in [1.165, 1.54) is 18.1 Å².